The van der Waals surface area contributed by atoms with Gasteiger partial charge in [0.2, 0.25) is 0 Å². The number of nitrogens with zero attached hydrogens (tertiary/aromatic N) is 4. The smallest absolute Gasteiger partial charge is 0.288 e. The molecule has 88 valence electrons. The number of aromatic nitrogens is 3. The van der Waals surface area contributed by atoms with E-state index in [-0.39, 0.29) is 5.69 Å². The maximum absolute atomic E-state index is 10.5. The molecule has 0 bridgehead atoms. The molecule has 0 unspecified atom stereocenters. The van der Waals surface area contributed by atoms with Crippen LogP contribution in [-0.2, 0) is 7.05 Å². The van der Waals surface area contributed by atoms with E-state index in [2.05, 4.69) is 31.3 Å². The van der Waals surface area contributed by atoms with Crippen LogP contribution in [0.15, 0.2) is 29.0 Å². The van der Waals surface area contributed by atoms with E-state index in [1.807, 2.05) is 0 Å². The number of halogens is 1. The van der Waals surface area contributed by atoms with Crippen LogP contribution in [-0.4, -0.2) is 19.7 Å². The number of rotatable bonds is 3. The number of nitrogens with one attached hydrogen (secondary N) is 1. The van der Waals surface area contributed by atoms with Crippen molar-refractivity contribution in [3.63, 3.8) is 0 Å². The van der Waals surface area contributed by atoms with Gasteiger partial charge in [-0.2, -0.15) is 5.10 Å². The second-order valence-electron chi connectivity index (χ2n) is 3.28. The summed E-state index contributed by atoms with van der Waals surface area (Å²) in [5.41, 5.74) is -0.0663. The summed E-state index contributed by atoms with van der Waals surface area (Å²) in [7, 11) is 1.80. The Morgan fingerprint density at radius 1 is 1.59 bits per heavy atom. The molecule has 17 heavy (non-hydrogen) atoms. The van der Waals surface area contributed by atoms with E-state index in [1.165, 1.54) is 12.3 Å². The SMILES string of the molecule is Cn1ccc(Nc2ncc([N+](=O)[O-])cc2Br)n1. The standard InChI is InChI=1S/C9H8BrN5O2/c1-14-3-2-8(13-14)12-9-7(10)4-6(5-11-9)15(16)17/h2-5H,1H3,(H,11,12,13). The molecule has 0 aliphatic rings. The molecule has 0 aliphatic carbocycles. The van der Waals surface area contributed by atoms with Gasteiger partial charge in [-0.1, -0.05) is 0 Å². The minimum atomic E-state index is -0.498. The molecule has 0 saturated carbocycles. The first-order valence-electron chi connectivity index (χ1n) is 4.63. The third kappa shape index (κ3) is 2.59. The Bertz CT molecular complexity index is 568. The van der Waals surface area contributed by atoms with Gasteiger partial charge < -0.3 is 5.32 Å². The molecule has 0 saturated heterocycles. The zero-order valence-corrected chi connectivity index (χ0v) is 10.4. The Balaban J connectivity index is 2.25. The van der Waals surface area contributed by atoms with E-state index < -0.39 is 4.92 Å². The lowest BCUT2D eigenvalue weighted by molar-refractivity contribution is -0.385. The van der Waals surface area contributed by atoms with Gasteiger partial charge in [-0.15, -0.1) is 0 Å². The highest BCUT2D eigenvalue weighted by atomic mass is 79.9. The van der Waals surface area contributed by atoms with Crippen molar-refractivity contribution < 1.29 is 4.92 Å². The summed E-state index contributed by atoms with van der Waals surface area (Å²) in [4.78, 5) is 14.0. The van der Waals surface area contributed by atoms with Gasteiger partial charge in [0.15, 0.2) is 5.82 Å². The molecule has 7 nitrogen and oxygen atoms in total. The fourth-order valence-electron chi connectivity index (χ4n) is 1.22. The number of hydrogen-bond acceptors (Lipinski definition) is 5. The van der Waals surface area contributed by atoms with Crippen LogP contribution in [0.3, 0.4) is 0 Å². The zero-order chi connectivity index (χ0) is 12.4. The van der Waals surface area contributed by atoms with Gasteiger partial charge in [-0.25, -0.2) is 4.98 Å². The summed E-state index contributed by atoms with van der Waals surface area (Å²) in [6.45, 7) is 0. The van der Waals surface area contributed by atoms with Crippen LogP contribution in [0, 0.1) is 10.1 Å². The predicted octanol–water partition coefficient (Wildman–Crippen LogP) is 2.23. The lowest BCUT2D eigenvalue weighted by atomic mass is 10.4. The maximum Gasteiger partial charge on any atom is 0.288 e. The minimum Gasteiger partial charge on any atom is -0.323 e. The van der Waals surface area contributed by atoms with E-state index >= 15 is 0 Å². The van der Waals surface area contributed by atoms with Crippen molar-refractivity contribution in [2.45, 2.75) is 0 Å². The van der Waals surface area contributed by atoms with Gasteiger partial charge in [-0.3, -0.25) is 14.8 Å². The average molecular weight is 298 g/mol. The normalized spacial score (nSPS) is 10.2. The van der Waals surface area contributed by atoms with E-state index in [1.54, 1.807) is 24.0 Å². The van der Waals surface area contributed by atoms with Crippen molar-refractivity contribution in [2.75, 3.05) is 5.32 Å². The Kier molecular flexibility index (Phi) is 3.05. The molecule has 0 amide bonds. The number of pyridine rings is 1. The summed E-state index contributed by atoms with van der Waals surface area (Å²) in [6, 6.07) is 3.16. The fraction of sp³-hybridized carbons (Fsp3) is 0.111. The van der Waals surface area contributed by atoms with Crippen molar-refractivity contribution in [1.29, 1.82) is 0 Å². The van der Waals surface area contributed by atoms with Crippen LogP contribution in [0.25, 0.3) is 0 Å². The van der Waals surface area contributed by atoms with Crippen molar-refractivity contribution in [1.82, 2.24) is 14.8 Å². The van der Waals surface area contributed by atoms with Gasteiger partial charge in [0, 0.05) is 25.4 Å². The molecule has 8 heteroatoms. The molecule has 0 fully saturated rings. The topological polar surface area (TPSA) is 85.9 Å². The summed E-state index contributed by atoms with van der Waals surface area (Å²) in [6.07, 6.45) is 2.97. The van der Waals surface area contributed by atoms with Gasteiger partial charge in [0.05, 0.1) is 9.40 Å². The molecule has 0 aromatic carbocycles. The summed E-state index contributed by atoms with van der Waals surface area (Å²) in [5.74, 6) is 1.10. The van der Waals surface area contributed by atoms with Gasteiger partial charge in [-0.05, 0) is 15.9 Å². The molecule has 0 radical (unpaired) electrons. The van der Waals surface area contributed by atoms with E-state index in [0.717, 1.165) is 0 Å². The molecule has 1 N–H and O–H groups in total. The number of nitro groups is 1. The van der Waals surface area contributed by atoms with Gasteiger partial charge in [0.25, 0.3) is 5.69 Å². The second kappa shape index (κ2) is 4.50. The molecule has 0 spiro atoms. The third-order valence-corrected chi connectivity index (χ3v) is 2.60. The highest BCUT2D eigenvalue weighted by Crippen LogP contribution is 2.26. The lowest BCUT2D eigenvalue weighted by Crippen LogP contribution is -1.98. The highest BCUT2D eigenvalue weighted by Gasteiger charge is 2.11. The molecule has 0 aliphatic heterocycles. The second-order valence-corrected chi connectivity index (χ2v) is 4.14. The molecular formula is C9H8BrN5O2. The van der Waals surface area contributed by atoms with Crippen LogP contribution < -0.4 is 5.32 Å². The molecule has 2 aromatic rings. The summed E-state index contributed by atoms with van der Waals surface area (Å²) >= 11 is 3.22. The largest absolute Gasteiger partial charge is 0.323 e. The number of aryl methyl sites for hydroxylation is 1. The van der Waals surface area contributed by atoms with E-state index in [9.17, 15) is 10.1 Å². The molecular weight excluding hydrogens is 290 g/mol. The van der Waals surface area contributed by atoms with Crippen LogP contribution in [0.4, 0.5) is 17.3 Å². The quantitative estimate of drug-likeness (QED) is 0.693. The summed E-state index contributed by atoms with van der Waals surface area (Å²) < 4.78 is 2.15. The average Bonchev–Trinajstić information content (AvgIpc) is 2.67. The highest BCUT2D eigenvalue weighted by molar-refractivity contribution is 9.10. The third-order valence-electron chi connectivity index (χ3n) is 2.00. The predicted molar refractivity (Wildman–Crippen MR) is 65.1 cm³/mol. The van der Waals surface area contributed by atoms with Crippen LogP contribution in [0.2, 0.25) is 0 Å². The van der Waals surface area contributed by atoms with Crippen molar-refractivity contribution in [3.8, 4) is 0 Å². The van der Waals surface area contributed by atoms with Crippen molar-refractivity contribution in [2.24, 2.45) is 7.05 Å². The number of hydrogen-bond donors (Lipinski definition) is 1. The van der Waals surface area contributed by atoms with Crippen molar-refractivity contribution >= 4 is 33.3 Å². The molecule has 0 atom stereocenters. The lowest BCUT2D eigenvalue weighted by Gasteiger charge is -2.03. The molecule has 2 rings (SSSR count). The Morgan fingerprint density at radius 2 is 2.35 bits per heavy atom. The van der Waals surface area contributed by atoms with E-state index in [4.69, 9.17) is 0 Å². The Labute approximate surface area is 105 Å². The van der Waals surface area contributed by atoms with Gasteiger partial charge >= 0.3 is 0 Å². The Hall–Kier alpha value is -1.96. The fourth-order valence-corrected chi connectivity index (χ4v) is 1.66. The maximum atomic E-state index is 10.5. The molecule has 2 aromatic heterocycles. The van der Waals surface area contributed by atoms with Crippen LogP contribution in [0.1, 0.15) is 0 Å². The molecule has 2 heterocycles. The first-order chi connectivity index (χ1) is 8.06. The monoisotopic (exact) mass is 297 g/mol. The Morgan fingerprint density at radius 3 is 2.88 bits per heavy atom. The minimum absolute atomic E-state index is 0.0663. The zero-order valence-electron chi connectivity index (χ0n) is 8.79. The van der Waals surface area contributed by atoms with Crippen molar-refractivity contribution in [3.05, 3.63) is 39.1 Å². The van der Waals surface area contributed by atoms with Crippen LogP contribution >= 0.6 is 15.9 Å². The first-order valence-corrected chi connectivity index (χ1v) is 5.42. The summed E-state index contributed by atoms with van der Waals surface area (Å²) in [5, 5.41) is 17.6. The van der Waals surface area contributed by atoms with E-state index in [0.29, 0.717) is 16.1 Å². The van der Waals surface area contributed by atoms with Gasteiger partial charge in [0.1, 0.15) is 12.0 Å². The van der Waals surface area contributed by atoms with Crippen LogP contribution in [0.5, 0.6) is 0 Å². The number of anilines is 2. The first kappa shape index (κ1) is 11.5.